The molecule has 0 bridgehead atoms. The molecule has 2 aromatic rings. The first-order valence-electron chi connectivity index (χ1n) is 6.60. The van der Waals surface area contributed by atoms with Crippen molar-refractivity contribution in [2.24, 2.45) is 5.73 Å². The maximum Gasteiger partial charge on any atom is 0.326 e. The van der Waals surface area contributed by atoms with Gasteiger partial charge in [-0.05, 0) is 36.8 Å². The van der Waals surface area contributed by atoms with E-state index in [0.717, 1.165) is 4.90 Å². The van der Waals surface area contributed by atoms with Crippen LogP contribution >= 0.6 is 11.8 Å². The molecule has 1 atom stereocenters. The summed E-state index contributed by atoms with van der Waals surface area (Å²) in [6.45, 7) is 3.84. The number of carbonyl (C=O) groups excluding carboxylic acids is 1. The summed E-state index contributed by atoms with van der Waals surface area (Å²) in [5, 5.41) is 2.39. The molecule has 0 heterocycles. The van der Waals surface area contributed by atoms with Crippen LogP contribution in [0.5, 0.6) is 0 Å². The molecule has 0 aliphatic heterocycles. The zero-order valence-corrected chi connectivity index (χ0v) is 12.6. The number of carbonyl (C=O) groups is 1. The monoisotopic (exact) mass is 289 g/mol. The number of thioether (sulfide) groups is 1. The van der Waals surface area contributed by atoms with Gasteiger partial charge in [-0.15, -0.1) is 11.8 Å². The van der Waals surface area contributed by atoms with Crippen molar-refractivity contribution < 1.29 is 9.53 Å². The van der Waals surface area contributed by atoms with Crippen molar-refractivity contribution in [1.82, 2.24) is 0 Å². The Hall–Kier alpha value is -1.52. The minimum atomic E-state index is -0.966. The quantitative estimate of drug-likeness (QED) is 0.678. The lowest BCUT2D eigenvalue weighted by atomic mass is 10.1. The molecule has 2 aromatic carbocycles. The van der Waals surface area contributed by atoms with E-state index < -0.39 is 5.54 Å². The van der Waals surface area contributed by atoms with Crippen molar-refractivity contribution in [2.45, 2.75) is 24.3 Å². The first-order chi connectivity index (χ1) is 9.53. The molecule has 0 aliphatic rings. The maximum absolute atomic E-state index is 11.7. The standard InChI is InChI=1S/C16H19NO2S/c1-3-19-15(18)16(2,17)11-20-14-9-8-12-6-4-5-7-13(12)10-14/h4-10H,3,11,17H2,1-2H3. The van der Waals surface area contributed by atoms with E-state index in [9.17, 15) is 4.79 Å². The summed E-state index contributed by atoms with van der Waals surface area (Å²) in [4.78, 5) is 12.8. The smallest absolute Gasteiger partial charge is 0.326 e. The van der Waals surface area contributed by atoms with Gasteiger partial charge in [-0.25, -0.2) is 0 Å². The van der Waals surface area contributed by atoms with Gasteiger partial charge in [-0.3, -0.25) is 4.79 Å². The Kier molecular flexibility index (Phi) is 4.68. The molecule has 0 fully saturated rings. The SMILES string of the molecule is CCOC(=O)C(C)(N)CSc1ccc2ccccc2c1. The lowest BCUT2D eigenvalue weighted by Crippen LogP contribution is -2.48. The summed E-state index contributed by atoms with van der Waals surface area (Å²) in [6.07, 6.45) is 0. The normalized spacial score (nSPS) is 13.9. The fourth-order valence-corrected chi connectivity index (χ4v) is 2.80. The fourth-order valence-electron chi connectivity index (χ4n) is 1.85. The molecule has 3 nitrogen and oxygen atoms in total. The van der Waals surface area contributed by atoms with Crippen LogP contribution in [-0.4, -0.2) is 23.9 Å². The number of benzene rings is 2. The third-order valence-corrected chi connectivity index (χ3v) is 4.33. The Bertz CT molecular complexity index is 610. The van der Waals surface area contributed by atoms with E-state index in [1.165, 1.54) is 10.8 Å². The third-order valence-electron chi connectivity index (χ3n) is 3.00. The number of hydrogen-bond donors (Lipinski definition) is 1. The second-order valence-electron chi connectivity index (χ2n) is 4.94. The lowest BCUT2D eigenvalue weighted by Gasteiger charge is -2.21. The molecule has 1 unspecified atom stereocenters. The average molecular weight is 289 g/mol. The molecule has 2 rings (SSSR count). The van der Waals surface area contributed by atoms with Gasteiger partial charge in [0, 0.05) is 10.6 Å². The number of hydrogen-bond acceptors (Lipinski definition) is 4. The van der Waals surface area contributed by atoms with E-state index in [4.69, 9.17) is 10.5 Å². The van der Waals surface area contributed by atoms with Crippen molar-refractivity contribution in [3.05, 3.63) is 42.5 Å². The highest BCUT2D eigenvalue weighted by Gasteiger charge is 2.29. The van der Waals surface area contributed by atoms with Gasteiger partial charge in [0.05, 0.1) is 6.61 Å². The molecule has 0 amide bonds. The first-order valence-corrected chi connectivity index (χ1v) is 7.59. The predicted molar refractivity (Wildman–Crippen MR) is 83.9 cm³/mol. The first kappa shape index (κ1) is 14.9. The van der Waals surface area contributed by atoms with Crippen LogP contribution in [0.15, 0.2) is 47.4 Å². The minimum absolute atomic E-state index is 0.353. The molecule has 0 saturated carbocycles. The molecular weight excluding hydrogens is 270 g/mol. The predicted octanol–water partition coefficient (Wildman–Crippen LogP) is 3.21. The molecular formula is C16H19NO2S. The number of esters is 1. The molecule has 0 saturated heterocycles. The number of fused-ring (bicyclic) bond motifs is 1. The van der Waals surface area contributed by atoms with Crippen LogP contribution in [0.4, 0.5) is 0 Å². The highest BCUT2D eigenvalue weighted by Crippen LogP contribution is 2.26. The zero-order valence-electron chi connectivity index (χ0n) is 11.8. The van der Waals surface area contributed by atoms with Gasteiger partial charge in [-0.2, -0.15) is 0 Å². The summed E-state index contributed by atoms with van der Waals surface area (Å²) in [5.41, 5.74) is 5.05. The summed E-state index contributed by atoms with van der Waals surface area (Å²) >= 11 is 1.57. The highest BCUT2D eigenvalue weighted by molar-refractivity contribution is 7.99. The van der Waals surface area contributed by atoms with Crippen LogP contribution in [-0.2, 0) is 9.53 Å². The van der Waals surface area contributed by atoms with Crippen LogP contribution in [0, 0.1) is 0 Å². The second-order valence-corrected chi connectivity index (χ2v) is 5.98. The molecule has 0 aliphatic carbocycles. The highest BCUT2D eigenvalue weighted by atomic mass is 32.2. The summed E-state index contributed by atoms with van der Waals surface area (Å²) < 4.78 is 4.99. The zero-order chi connectivity index (χ0) is 14.6. The Balaban J connectivity index is 2.07. The lowest BCUT2D eigenvalue weighted by molar-refractivity contribution is -0.148. The van der Waals surface area contributed by atoms with Gasteiger partial charge in [0.1, 0.15) is 5.54 Å². The largest absolute Gasteiger partial charge is 0.465 e. The Labute approximate surface area is 123 Å². The Morgan fingerprint density at radius 1 is 1.25 bits per heavy atom. The molecule has 2 N–H and O–H groups in total. The minimum Gasteiger partial charge on any atom is -0.465 e. The molecule has 20 heavy (non-hydrogen) atoms. The maximum atomic E-state index is 11.7. The van der Waals surface area contributed by atoms with Crippen LogP contribution in [0.1, 0.15) is 13.8 Å². The molecule has 0 spiro atoms. The molecule has 4 heteroatoms. The van der Waals surface area contributed by atoms with E-state index in [1.54, 1.807) is 25.6 Å². The van der Waals surface area contributed by atoms with Crippen LogP contribution in [0.2, 0.25) is 0 Å². The second kappa shape index (κ2) is 6.29. The van der Waals surface area contributed by atoms with Crippen molar-refractivity contribution in [3.8, 4) is 0 Å². The van der Waals surface area contributed by atoms with Crippen LogP contribution in [0.3, 0.4) is 0 Å². The molecule has 0 radical (unpaired) electrons. The van der Waals surface area contributed by atoms with Crippen molar-refractivity contribution in [1.29, 1.82) is 0 Å². The van der Waals surface area contributed by atoms with Crippen molar-refractivity contribution in [2.75, 3.05) is 12.4 Å². The average Bonchev–Trinajstić information content (AvgIpc) is 2.45. The molecule has 106 valence electrons. The van der Waals surface area contributed by atoms with Crippen molar-refractivity contribution >= 4 is 28.5 Å². The fraction of sp³-hybridized carbons (Fsp3) is 0.312. The Morgan fingerprint density at radius 2 is 1.95 bits per heavy atom. The van der Waals surface area contributed by atoms with E-state index in [2.05, 4.69) is 24.3 Å². The van der Waals surface area contributed by atoms with Gasteiger partial charge in [0.15, 0.2) is 0 Å². The number of nitrogens with two attached hydrogens (primary N) is 1. The van der Waals surface area contributed by atoms with Crippen LogP contribution in [0.25, 0.3) is 10.8 Å². The van der Waals surface area contributed by atoms with Crippen molar-refractivity contribution in [3.63, 3.8) is 0 Å². The molecule has 0 aromatic heterocycles. The summed E-state index contributed by atoms with van der Waals surface area (Å²) in [5.74, 6) is 0.137. The van der Waals surface area contributed by atoms with Gasteiger partial charge >= 0.3 is 5.97 Å². The van der Waals surface area contributed by atoms with Gasteiger partial charge in [0.25, 0.3) is 0 Å². The summed E-state index contributed by atoms with van der Waals surface area (Å²) in [7, 11) is 0. The number of rotatable bonds is 5. The van der Waals surface area contributed by atoms with E-state index >= 15 is 0 Å². The Morgan fingerprint density at radius 3 is 2.65 bits per heavy atom. The number of ether oxygens (including phenoxy) is 1. The van der Waals surface area contributed by atoms with Gasteiger partial charge < -0.3 is 10.5 Å². The van der Waals surface area contributed by atoms with Gasteiger partial charge in [0.2, 0.25) is 0 Å². The topological polar surface area (TPSA) is 52.3 Å². The van der Waals surface area contributed by atoms with Crippen LogP contribution < -0.4 is 5.73 Å². The van der Waals surface area contributed by atoms with E-state index in [1.807, 2.05) is 18.2 Å². The van der Waals surface area contributed by atoms with E-state index in [0.29, 0.717) is 12.4 Å². The summed E-state index contributed by atoms with van der Waals surface area (Å²) in [6, 6.07) is 14.4. The van der Waals surface area contributed by atoms with E-state index in [-0.39, 0.29) is 5.97 Å². The third kappa shape index (κ3) is 3.52. The van der Waals surface area contributed by atoms with Gasteiger partial charge in [-0.1, -0.05) is 30.3 Å².